The number of ketones is 1. The van der Waals surface area contributed by atoms with Crippen LogP contribution in [0.2, 0.25) is 0 Å². The molecule has 1 fully saturated rings. The fraction of sp³-hybridized carbons (Fsp3) is 0.385. The highest BCUT2D eigenvalue weighted by molar-refractivity contribution is 5.98. The molecule has 1 aromatic rings. The summed E-state index contributed by atoms with van der Waals surface area (Å²) in [5.74, 6) is -2.87. The van der Waals surface area contributed by atoms with Crippen LogP contribution in [-0.2, 0) is 4.79 Å². The molecule has 1 atom stereocenters. The number of hydrogen-bond acceptors (Lipinski definition) is 3. The van der Waals surface area contributed by atoms with Crippen LogP contribution in [0.5, 0.6) is 0 Å². The molecule has 1 aliphatic rings. The molecule has 2 N–H and O–H groups in total. The quantitative estimate of drug-likeness (QED) is 0.832. The van der Waals surface area contributed by atoms with Crippen LogP contribution in [0.4, 0.5) is 8.78 Å². The van der Waals surface area contributed by atoms with Crippen LogP contribution >= 0.6 is 0 Å². The van der Waals surface area contributed by atoms with E-state index in [1.165, 1.54) is 6.07 Å². The Morgan fingerprint density at radius 1 is 1.32 bits per heavy atom. The molecule has 1 saturated heterocycles. The smallest absolute Gasteiger partial charge is 0.234 e. The van der Waals surface area contributed by atoms with E-state index in [2.05, 4.69) is 0 Å². The maximum absolute atomic E-state index is 13.0. The van der Waals surface area contributed by atoms with Crippen molar-refractivity contribution in [2.24, 2.45) is 5.73 Å². The standard InChI is InChI=1S/C13H14F2N2O2/c14-9-4-3-8(6-10(9)15)12(18)7-17-5-1-2-11(17)13(16)19/h3-4,6,11H,1-2,5,7H2,(H2,16,19). The Morgan fingerprint density at radius 3 is 2.68 bits per heavy atom. The van der Waals surface area contributed by atoms with E-state index in [9.17, 15) is 18.4 Å². The molecule has 0 aromatic heterocycles. The number of benzene rings is 1. The van der Waals surface area contributed by atoms with Gasteiger partial charge < -0.3 is 5.73 Å². The predicted molar refractivity (Wildman–Crippen MR) is 64.5 cm³/mol. The van der Waals surface area contributed by atoms with Gasteiger partial charge in [0.05, 0.1) is 12.6 Å². The van der Waals surface area contributed by atoms with Crippen molar-refractivity contribution in [3.63, 3.8) is 0 Å². The number of nitrogens with two attached hydrogens (primary N) is 1. The van der Waals surface area contributed by atoms with Gasteiger partial charge in [-0.15, -0.1) is 0 Å². The SMILES string of the molecule is NC(=O)C1CCCN1CC(=O)c1ccc(F)c(F)c1. The van der Waals surface area contributed by atoms with E-state index < -0.39 is 23.6 Å². The molecule has 102 valence electrons. The van der Waals surface area contributed by atoms with Gasteiger partial charge in [0.25, 0.3) is 0 Å². The lowest BCUT2D eigenvalue weighted by molar-refractivity contribution is -0.122. The predicted octanol–water partition coefficient (Wildman–Crippen LogP) is 1.10. The van der Waals surface area contributed by atoms with Crippen LogP contribution in [0.25, 0.3) is 0 Å². The summed E-state index contributed by atoms with van der Waals surface area (Å²) in [6, 6.07) is 2.57. The van der Waals surface area contributed by atoms with E-state index in [1.54, 1.807) is 4.90 Å². The number of rotatable bonds is 4. The van der Waals surface area contributed by atoms with E-state index in [1.807, 2.05) is 0 Å². The molecule has 0 radical (unpaired) electrons. The molecule has 0 aliphatic carbocycles. The average Bonchev–Trinajstić information content (AvgIpc) is 2.80. The highest BCUT2D eigenvalue weighted by atomic mass is 19.2. The minimum Gasteiger partial charge on any atom is -0.368 e. The van der Waals surface area contributed by atoms with E-state index in [0.717, 1.165) is 18.6 Å². The number of halogens is 2. The third-order valence-electron chi connectivity index (χ3n) is 3.28. The number of hydrogen-bond donors (Lipinski definition) is 1. The molecular formula is C13H14F2N2O2. The van der Waals surface area contributed by atoms with Gasteiger partial charge in [0.15, 0.2) is 17.4 Å². The molecule has 0 saturated carbocycles. The van der Waals surface area contributed by atoms with Gasteiger partial charge in [-0.2, -0.15) is 0 Å². The van der Waals surface area contributed by atoms with Crippen LogP contribution < -0.4 is 5.73 Å². The third-order valence-corrected chi connectivity index (χ3v) is 3.28. The van der Waals surface area contributed by atoms with Gasteiger partial charge in [0, 0.05) is 5.56 Å². The third kappa shape index (κ3) is 2.96. The first-order valence-corrected chi connectivity index (χ1v) is 6.00. The van der Waals surface area contributed by atoms with Gasteiger partial charge in [0.1, 0.15) is 0 Å². The van der Waals surface area contributed by atoms with Crippen molar-refractivity contribution in [2.45, 2.75) is 18.9 Å². The van der Waals surface area contributed by atoms with Crippen molar-refractivity contribution in [1.82, 2.24) is 4.90 Å². The fourth-order valence-corrected chi connectivity index (χ4v) is 2.28. The van der Waals surface area contributed by atoms with Crippen molar-refractivity contribution >= 4 is 11.7 Å². The van der Waals surface area contributed by atoms with Gasteiger partial charge in [-0.3, -0.25) is 14.5 Å². The zero-order valence-corrected chi connectivity index (χ0v) is 10.2. The Kier molecular flexibility index (Phi) is 3.90. The Bertz CT molecular complexity index is 519. The summed E-state index contributed by atoms with van der Waals surface area (Å²) < 4.78 is 25.8. The molecule has 1 aliphatic heterocycles. The van der Waals surface area contributed by atoms with Crippen molar-refractivity contribution < 1.29 is 18.4 Å². The maximum atomic E-state index is 13.0. The van der Waals surface area contributed by atoms with Gasteiger partial charge in [0.2, 0.25) is 5.91 Å². The molecule has 2 rings (SSSR count). The van der Waals surface area contributed by atoms with E-state index in [4.69, 9.17) is 5.73 Å². The summed E-state index contributed by atoms with van der Waals surface area (Å²) in [5, 5.41) is 0. The maximum Gasteiger partial charge on any atom is 0.234 e. The number of carbonyl (C=O) groups is 2. The monoisotopic (exact) mass is 268 g/mol. The lowest BCUT2D eigenvalue weighted by atomic mass is 10.1. The molecule has 0 spiro atoms. The number of Topliss-reactive ketones (excluding diaryl/α,β-unsaturated/α-hetero) is 1. The number of likely N-dealkylation sites (tertiary alicyclic amines) is 1. The molecule has 1 heterocycles. The van der Waals surface area contributed by atoms with Crippen molar-refractivity contribution in [1.29, 1.82) is 0 Å². The minimum absolute atomic E-state index is 0.0152. The number of primary amides is 1. The molecule has 4 nitrogen and oxygen atoms in total. The van der Waals surface area contributed by atoms with Crippen molar-refractivity contribution in [2.75, 3.05) is 13.1 Å². The Labute approximate surface area is 109 Å². The zero-order valence-electron chi connectivity index (χ0n) is 10.2. The number of amides is 1. The zero-order chi connectivity index (χ0) is 14.0. The van der Waals surface area contributed by atoms with Gasteiger partial charge in [-0.25, -0.2) is 8.78 Å². The summed E-state index contributed by atoms with van der Waals surface area (Å²) in [7, 11) is 0. The molecule has 1 amide bonds. The van der Waals surface area contributed by atoms with Gasteiger partial charge >= 0.3 is 0 Å². The summed E-state index contributed by atoms with van der Waals surface area (Å²) in [4.78, 5) is 24.8. The molecule has 0 bridgehead atoms. The first-order chi connectivity index (χ1) is 8.99. The second kappa shape index (κ2) is 5.44. The normalized spacial score (nSPS) is 19.6. The Balaban J connectivity index is 2.08. The highest BCUT2D eigenvalue weighted by Crippen LogP contribution is 2.18. The van der Waals surface area contributed by atoms with Gasteiger partial charge in [-0.05, 0) is 37.6 Å². The molecule has 6 heteroatoms. The summed E-state index contributed by atoms with van der Waals surface area (Å²) in [5.41, 5.74) is 5.34. The molecular weight excluding hydrogens is 254 g/mol. The molecule has 1 unspecified atom stereocenters. The Morgan fingerprint density at radius 2 is 2.05 bits per heavy atom. The van der Waals surface area contributed by atoms with Crippen LogP contribution in [0.1, 0.15) is 23.2 Å². The minimum atomic E-state index is -1.06. The molecule has 19 heavy (non-hydrogen) atoms. The highest BCUT2D eigenvalue weighted by Gasteiger charge is 2.30. The van der Waals surface area contributed by atoms with Crippen LogP contribution in [-0.4, -0.2) is 35.7 Å². The van der Waals surface area contributed by atoms with Crippen LogP contribution in [0, 0.1) is 11.6 Å². The lowest BCUT2D eigenvalue weighted by Gasteiger charge is -2.20. The number of carbonyl (C=O) groups excluding carboxylic acids is 2. The lowest BCUT2D eigenvalue weighted by Crippen LogP contribution is -2.42. The van der Waals surface area contributed by atoms with E-state index >= 15 is 0 Å². The second-order valence-corrected chi connectivity index (χ2v) is 4.58. The first-order valence-electron chi connectivity index (χ1n) is 6.00. The van der Waals surface area contributed by atoms with Crippen molar-refractivity contribution in [3.8, 4) is 0 Å². The van der Waals surface area contributed by atoms with E-state index in [0.29, 0.717) is 13.0 Å². The summed E-state index contributed by atoms with van der Waals surface area (Å²) in [6.07, 6.45) is 1.42. The number of nitrogens with zero attached hydrogens (tertiary/aromatic N) is 1. The van der Waals surface area contributed by atoms with Crippen LogP contribution in [0.15, 0.2) is 18.2 Å². The van der Waals surface area contributed by atoms with Crippen molar-refractivity contribution in [3.05, 3.63) is 35.4 Å². The topological polar surface area (TPSA) is 63.4 Å². The van der Waals surface area contributed by atoms with Gasteiger partial charge in [-0.1, -0.05) is 0 Å². The average molecular weight is 268 g/mol. The Hall–Kier alpha value is -1.82. The largest absolute Gasteiger partial charge is 0.368 e. The molecule has 1 aromatic carbocycles. The fourth-order valence-electron chi connectivity index (χ4n) is 2.28. The van der Waals surface area contributed by atoms with Crippen LogP contribution in [0.3, 0.4) is 0 Å². The van der Waals surface area contributed by atoms with E-state index in [-0.39, 0.29) is 17.9 Å². The first kappa shape index (κ1) is 13.6. The summed E-state index contributed by atoms with van der Waals surface area (Å²) >= 11 is 0. The second-order valence-electron chi connectivity index (χ2n) is 4.58. The summed E-state index contributed by atoms with van der Waals surface area (Å²) in [6.45, 7) is 0.585.